The van der Waals surface area contributed by atoms with Gasteiger partial charge in [0, 0.05) is 6.42 Å². The van der Waals surface area contributed by atoms with Crippen LogP contribution in [0.4, 0.5) is 0 Å². The lowest BCUT2D eigenvalue weighted by Gasteiger charge is -2.12. The second-order valence-electron chi connectivity index (χ2n) is 3.34. The van der Waals surface area contributed by atoms with Gasteiger partial charge < -0.3 is 5.11 Å². The SMILES string of the molecule is CC.Cc1ccc2c(c1)CCC(O)=C2. The Kier molecular flexibility index (Phi) is 3.75. The minimum atomic E-state index is 0.506. The van der Waals surface area contributed by atoms with Crippen molar-refractivity contribution in [2.24, 2.45) is 0 Å². The predicted octanol–water partition coefficient (Wildman–Crippen LogP) is 3.87. The molecule has 1 nitrogen and oxygen atoms in total. The van der Waals surface area contributed by atoms with E-state index < -0.39 is 0 Å². The summed E-state index contributed by atoms with van der Waals surface area (Å²) in [6, 6.07) is 6.34. The van der Waals surface area contributed by atoms with E-state index in [1.165, 1.54) is 16.7 Å². The average Bonchev–Trinajstić information content (AvgIpc) is 2.21. The van der Waals surface area contributed by atoms with Gasteiger partial charge in [-0.25, -0.2) is 0 Å². The van der Waals surface area contributed by atoms with E-state index in [0.717, 1.165) is 12.8 Å². The van der Waals surface area contributed by atoms with E-state index in [1.54, 1.807) is 0 Å². The zero-order valence-corrected chi connectivity index (χ0v) is 9.17. The molecule has 0 amide bonds. The van der Waals surface area contributed by atoms with Crippen LogP contribution in [0, 0.1) is 6.92 Å². The molecule has 1 heteroatoms. The van der Waals surface area contributed by atoms with Crippen LogP contribution in [0.5, 0.6) is 0 Å². The first-order chi connectivity index (χ1) is 6.75. The van der Waals surface area contributed by atoms with Crippen LogP contribution in [0.25, 0.3) is 6.08 Å². The summed E-state index contributed by atoms with van der Waals surface area (Å²) < 4.78 is 0. The van der Waals surface area contributed by atoms with Crippen LogP contribution in [-0.2, 0) is 6.42 Å². The number of fused-ring (bicyclic) bond motifs is 1. The number of hydrogen-bond donors (Lipinski definition) is 1. The minimum Gasteiger partial charge on any atom is -0.512 e. The number of aryl methyl sites for hydroxylation is 2. The molecule has 0 spiro atoms. The Morgan fingerprint density at radius 3 is 2.57 bits per heavy atom. The van der Waals surface area contributed by atoms with Crippen LogP contribution in [-0.4, -0.2) is 5.11 Å². The van der Waals surface area contributed by atoms with Gasteiger partial charge in [0.2, 0.25) is 0 Å². The van der Waals surface area contributed by atoms with Crippen molar-refractivity contribution in [2.45, 2.75) is 33.6 Å². The topological polar surface area (TPSA) is 20.2 Å². The summed E-state index contributed by atoms with van der Waals surface area (Å²) in [5.41, 5.74) is 3.82. The summed E-state index contributed by atoms with van der Waals surface area (Å²) in [4.78, 5) is 0. The molecule has 0 heterocycles. The fourth-order valence-corrected chi connectivity index (χ4v) is 1.61. The molecule has 0 aromatic heterocycles. The number of aliphatic hydroxyl groups excluding tert-OH is 1. The number of aliphatic hydroxyl groups is 1. The zero-order valence-electron chi connectivity index (χ0n) is 9.17. The van der Waals surface area contributed by atoms with E-state index in [2.05, 4.69) is 25.1 Å². The molecule has 1 aliphatic rings. The van der Waals surface area contributed by atoms with Crippen molar-refractivity contribution in [2.75, 3.05) is 0 Å². The maximum Gasteiger partial charge on any atom is 0.0932 e. The quantitative estimate of drug-likeness (QED) is 0.658. The van der Waals surface area contributed by atoms with Gasteiger partial charge >= 0.3 is 0 Å². The van der Waals surface area contributed by atoms with Gasteiger partial charge in [0.15, 0.2) is 0 Å². The van der Waals surface area contributed by atoms with Crippen molar-refractivity contribution in [3.8, 4) is 0 Å². The molecule has 0 fully saturated rings. The lowest BCUT2D eigenvalue weighted by Crippen LogP contribution is -1.98. The van der Waals surface area contributed by atoms with Crippen molar-refractivity contribution in [3.63, 3.8) is 0 Å². The van der Waals surface area contributed by atoms with Crippen molar-refractivity contribution in [1.82, 2.24) is 0 Å². The second-order valence-corrected chi connectivity index (χ2v) is 3.34. The van der Waals surface area contributed by atoms with Gasteiger partial charge in [0.05, 0.1) is 5.76 Å². The summed E-state index contributed by atoms with van der Waals surface area (Å²) in [5, 5.41) is 9.29. The van der Waals surface area contributed by atoms with Crippen molar-refractivity contribution < 1.29 is 5.11 Å². The molecule has 2 rings (SSSR count). The molecule has 0 unspecified atom stereocenters. The molecule has 0 saturated carbocycles. The molecule has 0 atom stereocenters. The first-order valence-electron chi connectivity index (χ1n) is 5.25. The van der Waals surface area contributed by atoms with E-state index in [-0.39, 0.29) is 0 Å². The lowest BCUT2D eigenvalue weighted by molar-refractivity contribution is 0.391. The Morgan fingerprint density at radius 2 is 1.86 bits per heavy atom. The molecule has 0 bridgehead atoms. The molecule has 1 aromatic carbocycles. The van der Waals surface area contributed by atoms with Gasteiger partial charge in [0.1, 0.15) is 0 Å². The Morgan fingerprint density at radius 1 is 1.14 bits per heavy atom. The summed E-state index contributed by atoms with van der Waals surface area (Å²) >= 11 is 0. The summed E-state index contributed by atoms with van der Waals surface area (Å²) in [6.07, 6.45) is 3.62. The standard InChI is InChI=1S/C11H12O.C2H6/c1-8-2-3-10-7-11(12)5-4-9(10)6-8;1-2/h2-3,6-7,12H,4-5H2,1H3;1-2H3. The van der Waals surface area contributed by atoms with E-state index in [1.807, 2.05) is 19.9 Å². The maximum absolute atomic E-state index is 9.29. The fourth-order valence-electron chi connectivity index (χ4n) is 1.61. The van der Waals surface area contributed by atoms with E-state index in [4.69, 9.17) is 0 Å². The highest BCUT2D eigenvalue weighted by molar-refractivity contribution is 5.58. The Balaban J connectivity index is 0.000000461. The second kappa shape index (κ2) is 4.85. The van der Waals surface area contributed by atoms with Crippen molar-refractivity contribution in [3.05, 3.63) is 40.6 Å². The molecule has 14 heavy (non-hydrogen) atoms. The molecule has 0 saturated heterocycles. The van der Waals surface area contributed by atoms with E-state index >= 15 is 0 Å². The third-order valence-corrected chi connectivity index (χ3v) is 2.27. The first kappa shape index (κ1) is 10.8. The minimum absolute atomic E-state index is 0.506. The molecule has 76 valence electrons. The highest BCUT2D eigenvalue weighted by Crippen LogP contribution is 2.23. The number of benzene rings is 1. The summed E-state index contributed by atoms with van der Waals surface area (Å²) in [6.45, 7) is 6.10. The summed E-state index contributed by atoms with van der Waals surface area (Å²) in [7, 11) is 0. The van der Waals surface area contributed by atoms with Crippen LogP contribution in [0.15, 0.2) is 24.0 Å². The van der Waals surface area contributed by atoms with E-state index in [9.17, 15) is 5.11 Å². The Labute approximate surface area is 86.1 Å². The third kappa shape index (κ3) is 2.38. The average molecular weight is 190 g/mol. The molecular weight excluding hydrogens is 172 g/mol. The van der Waals surface area contributed by atoms with Crippen molar-refractivity contribution in [1.29, 1.82) is 0 Å². The smallest absolute Gasteiger partial charge is 0.0932 e. The number of hydrogen-bond acceptors (Lipinski definition) is 1. The predicted molar refractivity (Wildman–Crippen MR) is 61.5 cm³/mol. The van der Waals surface area contributed by atoms with Crippen LogP contribution in [0.2, 0.25) is 0 Å². The van der Waals surface area contributed by atoms with Gasteiger partial charge in [-0.2, -0.15) is 0 Å². The van der Waals surface area contributed by atoms with Gasteiger partial charge in [-0.1, -0.05) is 37.6 Å². The molecule has 1 aromatic rings. The summed E-state index contributed by atoms with van der Waals surface area (Å²) in [5.74, 6) is 0.506. The van der Waals surface area contributed by atoms with Crippen LogP contribution in [0.3, 0.4) is 0 Å². The van der Waals surface area contributed by atoms with Gasteiger partial charge in [0.25, 0.3) is 0 Å². The van der Waals surface area contributed by atoms with Gasteiger partial charge in [-0.05, 0) is 30.5 Å². The Hall–Kier alpha value is -1.24. The van der Waals surface area contributed by atoms with Crippen LogP contribution in [0.1, 0.15) is 37.0 Å². The Bertz CT molecular complexity index is 337. The van der Waals surface area contributed by atoms with Crippen molar-refractivity contribution >= 4 is 6.08 Å². The number of rotatable bonds is 0. The monoisotopic (exact) mass is 190 g/mol. The number of allylic oxidation sites excluding steroid dienone is 1. The molecule has 0 radical (unpaired) electrons. The zero-order chi connectivity index (χ0) is 10.6. The van der Waals surface area contributed by atoms with Gasteiger partial charge in [-0.3, -0.25) is 0 Å². The van der Waals surface area contributed by atoms with Crippen LogP contribution < -0.4 is 0 Å². The molecule has 0 aliphatic heterocycles. The third-order valence-electron chi connectivity index (χ3n) is 2.27. The highest BCUT2D eigenvalue weighted by atomic mass is 16.3. The molecule has 1 N–H and O–H groups in total. The highest BCUT2D eigenvalue weighted by Gasteiger charge is 2.08. The normalized spacial score (nSPS) is 13.5. The fraction of sp³-hybridized carbons (Fsp3) is 0.385. The van der Waals surface area contributed by atoms with E-state index in [0.29, 0.717) is 5.76 Å². The van der Waals surface area contributed by atoms with Gasteiger partial charge in [-0.15, -0.1) is 0 Å². The maximum atomic E-state index is 9.29. The largest absolute Gasteiger partial charge is 0.512 e. The molecule has 1 aliphatic carbocycles. The lowest BCUT2D eigenvalue weighted by atomic mass is 9.95. The molecular formula is C13H18O. The first-order valence-corrected chi connectivity index (χ1v) is 5.25. The van der Waals surface area contributed by atoms with Crippen LogP contribution >= 0.6 is 0 Å².